The van der Waals surface area contributed by atoms with Crippen molar-refractivity contribution in [2.75, 3.05) is 59.4 Å². The van der Waals surface area contributed by atoms with Gasteiger partial charge in [0, 0.05) is 58.9 Å². The van der Waals surface area contributed by atoms with Crippen molar-refractivity contribution >= 4 is 10.2 Å². The topological polar surface area (TPSA) is 47.1 Å². The zero-order valence-corrected chi connectivity index (χ0v) is 16.1. The van der Waals surface area contributed by atoms with Crippen molar-refractivity contribution in [1.29, 1.82) is 0 Å². The Morgan fingerprint density at radius 1 is 0.852 bits per heavy atom. The van der Waals surface area contributed by atoms with Crippen molar-refractivity contribution in [3.8, 4) is 0 Å². The molecule has 27 heavy (non-hydrogen) atoms. The molecule has 2 aliphatic heterocycles. The van der Waals surface area contributed by atoms with Crippen LogP contribution in [0.3, 0.4) is 0 Å². The van der Waals surface area contributed by atoms with Gasteiger partial charge in [0.15, 0.2) is 0 Å². The minimum absolute atomic E-state index is 0.398. The average Bonchev–Trinajstić information content (AvgIpc) is 2.62. The van der Waals surface area contributed by atoms with E-state index in [1.807, 2.05) is 7.05 Å². The molecule has 2 aliphatic rings. The number of rotatable bonds is 4. The highest BCUT2D eigenvalue weighted by Gasteiger charge is 2.34. The van der Waals surface area contributed by atoms with Crippen LogP contribution in [0.1, 0.15) is 11.1 Å². The number of nitrogens with zero attached hydrogens (tertiary/aromatic N) is 4. The van der Waals surface area contributed by atoms with Gasteiger partial charge in [0.25, 0.3) is 10.2 Å². The Hall–Kier alpha value is -1.20. The fraction of sp³-hybridized carbons (Fsp3) is 0.647. The van der Waals surface area contributed by atoms with Crippen molar-refractivity contribution in [2.24, 2.45) is 0 Å². The molecule has 2 heterocycles. The lowest BCUT2D eigenvalue weighted by Gasteiger charge is -2.39. The summed E-state index contributed by atoms with van der Waals surface area (Å²) in [6.45, 7) is 4.91. The van der Waals surface area contributed by atoms with Crippen molar-refractivity contribution in [3.63, 3.8) is 0 Å². The van der Waals surface area contributed by atoms with E-state index in [9.17, 15) is 21.6 Å². The van der Waals surface area contributed by atoms with Gasteiger partial charge in [-0.3, -0.25) is 4.90 Å². The third-order valence-corrected chi connectivity index (χ3v) is 7.17. The molecule has 1 aromatic carbocycles. The molecule has 0 aromatic heterocycles. The first-order valence-electron chi connectivity index (χ1n) is 8.98. The Labute approximate surface area is 158 Å². The molecule has 6 nitrogen and oxygen atoms in total. The van der Waals surface area contributed by atoms with Crippen LogP contribution in [0.2, 0.25) is 0 Å². The number of halogens is 3. The van der Waals surface area contributed by atoms with Gasteiger partial charge in [0.05, 0.1) is 5.56 Å². The van der Waals surface area contributed by atoms with E-state index < -0.39 is 21.9 Å². The molecule has 0 atom stereocenters. The lowest BCUT2D eigenvalue weighted by molar-refractivity contribution is -0.137. The minimum atomic E-state index is -4.33. The minimum Gasteiger partial charge on any atom is -0.304 e. The lowest BCUT2D eigenvalue weighted by Crippen LogP contribution is -2.56. The van der Waals surface area contributed by atoms with Crippen LogP contribution in [0.15, 0.2) is 24.3 Å². The summed E-state index contributed by atoms with van der Waals surface area (Å²) in [4.78, 5) is 4.17. The van der Waals surface area contributed by atoms with Crippen LogP contribution in [-0.4, -0.2) is 86.2 Å². The Bertz CT molecular complexity index is 724. The van der Waals surface area contributed by atoms with E-state index in [0.717, 1.165) is 30.8 Å². The SMILES string of the molecule is CN1CCN(S(=O)(=O)N2CCN(Cc3ccc(C(F)(F)F)cc3)CC2)CC1. The second kappa shape index (κ2) is 8.04. The molecule has 2 saturated heterocycles. The molecule has 0 aliphatic carbocycles. The Kier molecular flexibility index (Phi) is 6.11. The van der Waals surface area contributed by atoms with Gasteiger partial charge in [0.1, 0.15) is 0 Å². The van der Waals surface area contributed by atoms with Gasteiger partial charge in [-0.25, -0.2) is 0 Å². The Morgan fingerprint density at radius 2 is 1.33 bits per heavy atom. The summed E-state index contributed by atoms with van der Waals surface area (Å²) in [6.07, 6.45) is -4.33. The Balaban J connectivity index is 1.53. The standard InChI is InChI=1S/C17H25F3N4O2S/c1-21-6-10-23(11-7-21)27(25,26)24-12-8-22(9-13-24)14-15-2-4-16(5-3-15)17(18,19)20/h2-5H,6-14H2,1H3. The summed E-state index contributed by atoms with van der Waals surface area (Å²) in [5.74, 6) is 0. The maximum absolute atomic E-state index is 12.8. The molecular formula is C17H25F3N4O2S. The number of hydrogen-bond donors (Lipinski definition) is 0. The first-order valence-corrected chi connectivity index (χ1v) is 10.4. The molecule has 152 valence electrons. The first kappa shape index (κ1) is 20.5. The van der Waals surface area contributed by atoms with E-state index in [0.29, 0.717) is 45.8 Å². The number of hydrogen-bond acceptors (Lipinski definition) is 4. The van der Waals surface area contributed by atoms with Crippen LogP contribution >= 0.6 is 0 Å². The number of benzene rings is 1. The first-order chi connectivity index (χ1) is 12.7. The quantitative estimate of drug-likeness (QED) is 0.757. The van der Waals surface area contributed by atoms with Gasteiger partial charge in [-0.15, -0.1) is 0 Å². The molecule has 0 amide bonds. The molecule has 2 fully saturated rings. The monoisotopic (exact) mass is 406 g/mol. The molecule has 1 aromatic rings. The van der Waals surface area contributed by atoms with Crippen molar-refractivity contribution < 1.29 is 21.6 Å². The van der Waals surface area contributed by atoms with E-state index in [-0.39, 0.29) is 0 Å². The number of piperazine rings is 2. The fourth-order valence-corrected chi connectivity index (χ4v) is 4.93. The van der Waals surface area contributed by atoms with E-state index in [1.54, 1.807) is 4.31 Å². The van der Waals surface area contributed by atoms with Crippen molar-refractivity contribution in [1.82, 2.24) is 18.4 Å². The van der Waals surface area contributed by atoms with E-state index in [2.05, 4.69) is 9.80 Å². The van der Waals surface area contributed by atoms with Gasteiger partial charge in [-0.1, -0.05) is 12.1 Å². The van der Waals surface area contributed by atoms with Gasteiger partial charge >= 0.3 is 6.18 Å². The molecule has 0 unspecified atom stereocenters. The molecule has 0 bridgehead atoms. The van der Waals surface area contributed by atoms with Gasteiger partial charge in [-0.05, 0) is 24.7 Å². The van der Waals surface area contributed by atoms with Gasteiger partial charge in [-0.2, -0.15) is 30.2 Å². The third kappa shape index (κ3) is 5.00. The Morgan fingerprint density at radius 3 is 1.81 bits per heavy atom. The van der Waals surface area contributed by atoms with E-state index in [4.69, 9.17) is 0 Å². The fourth-order valence-electron chi connectivity index (χ4n) is 3.36. The van der Waals surface area contributed by atoms with Crippen LogP contribution in [-0.2, 0) is 22.9 Å². The molecule has 3 rings (SSSR count). The lowest BCUT2D eigenvalue weighted by atomic mass is 10.1. The molecule has 0 N–H and O–H groups in total. The summed E-state index contributed by atoms with van der Waals surface area (Å²) in [5.41, 5.74) is 0.132. The van der Waals surface area contributed by atoms with Crippen LogP contribution < -0.4 is 0 Å². The number of likely N-dealkylation sites (N-methyl/N-ethyl adjacent to an activating group) is 1. The highest BCUT2D eigenvalue weighted by molar-refractivity contribution is 7.86. The third-order valence-electron chi connectivity index (χ3n) is 5.13. The predicted octanol–water partition coefficient (Wildman–Crippen LogP) is 1.32. The zero-order valence-electron chi connectivity index (χ0n) is 15.3. The van der Waals surface area contributed by atoms with Crippen molar-refractivity contribution in [2.45, 2.75) is 12.7 Å². The largest absolute Gasteiger partial charge is 0.416 e. The maximum atomic E-state index is 12.8. The smallest absolute Gasteiger partial charge is 0.304 e. The van der Waals surface area contributed by atoms with Crippen LogP contribution in [0.4, 0.5) is 13.2 Å². The van der Waals surface area contributed by atoms with Gasteiger partial charge < -0.3 is 4.90 Å². The summed E-state index contributed by atoms with van der Waals surface area (Å²) in [6, 6.07) is 5.14. The summed E-state index contributed by atoms with van der Waals surface area (Å²) in [5, 5.41) is 0. The molecule has 0 radical (unpaired) electrons. The normalized spacial score (nSPS) is 22.2. The van der Waals surface area contributed by atoms with Crippen LogP contribution in [0.5, 0.6) is 0 Å². The second-order valence-corrected chi connectivity index (χ2v) is 9.01. The maximum Gasteiger partial charge on any atom is 0.416 e. The highest BCUT2D eigenvalue weighted by Crippen LogP contribution is 2.29. The predicted molar refractivity (Wildman–Crippen MR) is 96.3 cm³/mol. The molecule has 0 spiro atoms. The van der Waals surface area contributed by atoms with Gasteiger partial charge in [0.2, 0.25) is 0 Å². The highest BCUT2D eigenvalue weighted by atomic mass is 32.2. The number of alkyl halides is 3. The summed E-state index contributed by atoms with van der Waals surface area (Å²) < 4.78 is 66.4. The van der Waals surface area contributed by atoms with Crippen LogP contribution in [0.25, 0.3) is 0 Å². The second-order valence-electron chi connectivity index (χ2n) is 7.08. The van der Waals surface area contributed by atoms with E-state index >= 15 is 0 Å². The zero-order chi connectivity index (χ0) is 19.7. The molecular weight excluding hydrogens is 381 g/mol. The van der Waals surface area contributed by atoms with Crippen LogP contribution in [0, 0.1) is 0 Å². The molecule has 10 heteroatoms. The van der Waals surface area contributed by atoms with Crippen molar-refractivity contribution in [3.05, 3.63) is 35.4 Å². The van der Waals surface area contributed by atoms with E-state index in [1.165, 1.54) is 16.4 Å². The summed E-state index contributed by atoms with van der Waals surface area (Å²) in [7, 11) is -1.46. The molecule has 0 saturated carbocycles. The average molecular weight is 406 g/mol. The summed E-state index contributed by atoms with van der Waals surface area (Å²) >= 11 is 0.